The summed E-state index contributed by atoms with van der Waals surface area (Å²) in [4.78, 5) is 4.32. The van der Waals surface area contributed by atoms with Crippen LogP contribution in [0.2, 0.25) is 0 Å². The first-order valence-electron chi connectivity index (χ1n) is 4.30. The van der Waals surface area contributed by atoms with Gasteiger partial charge in [0, 0.05) is 5.39 Å². The van der Waals surface area contributed by atoms with Crippen LogP contribution >= 0.6 is 0 Å². The molecular weight excluding hydrogens is 160 g/mol. The fourth-order valence-electron chi connectivity index (χ4n) is 1.52. The summed E-state index contributed by atoms with van der Waals surface area (Å²) in [6, 6.07) is 6.15. The topological polar surface area (TPSA) is 38.9 Å². The summed E-state index contributed by atoms with van der Waals surface area (Å²) in [5, 5.41) is 1.15. The first-order valence-corrected chi connectivity index (χ1v) is 4.30. The van der Waals surface area contributed by atoms with Gasteiger partial charge in [-0.1, -0.05) is 18.2 Å². The van der Waals surface area contributed by atoms with Crippen molar-refractivity contribution >= 4 is 16.6 Å². The van der Waals surface area contributed by atoms with Crippen LogP contribution in [0.15, 0.2) is 24.4 Å². The molecule has 0 fully saturated rings. The quantitative estimate of drug-likeness (QED) is 0.662. The second-order valence-corrected chi connectivity index (χ2v) is 3.31. The van der Waals surface area contributed by atoms with E-state index in [4.69, 9.17) is 5.73 Å². The predicted molar refractivity (Wildman–Crippen MR) is 55.6 cm³/mol. The van der Waals surface area contributed by atoms with Crippen molar-refractivity contribution in [3.05, 3.63) is 35.5 Å². The number of pyridine rings is 1. The van der Waals surface area contributed by atoms with E-state index in [1.54, 1.807) is 6.20 Å². The standard InChI is InChI=1S/C11H12N2/c1-7-4-3-5-9-8(2)10(12)6-13-11(7)9/h3-6H,12H2,1-2H3. The Morgan fingerprint density at radius 2 is 2.00 bits per heavy atom. The number of aryl methyl sites for hydroxylation is 2. The second kappa shape index (κ2) is 2.73. The van der Waals surface area contributed by atoms with E-state index in [1.807, 2.05) is 13.0 Å². The van der Waals surface area contributed by atoms with Gasteiger partial charge in [0.15, 0.2) is 0 Å². The highest BCUT2D eigenvalue weighted by molar-refractivity contribution is 5.87. The van der Waals surface area contributed by atoms with Crippen molar-refractivity contribution in [3.63, 3.8) is 0 Å². The molecule has 0 radical (unpaired) electrons. The molecule has 13 heavy (non-hydrogen) atoms. The Balaban J connectivity index is 2.94. The van der Waals surface area contributed by atoms with Gasteiger partial charge in [-0.25, -0.2) is 0 Å². The molecule has 0 spiro atoms. The normalized spacial score (nSPS) is 10.6. The van der Waals surface area contributed by atoms with Gasteiger partial charge < -0.3 is 5.73 Å². The minimum atomic E-state index is 0.762. The fourth-order valence-corrected chi connectivity index (χ4v) is 1.52. The van der Waals surface area contributed by atoms with Crippen LogP contribution in [0.25, 0.3) is 10.9 Å². The van der Waals surface area contributed by atoms with Crippen LogP contribution in [-0.2, 0) is 0 Å². The summed E-state index contributed by atoms with van der Waals surface area (Å²) < 4.78 is 0. The molecule has 0 saturated carbocycles. The Labute approximate surface area is 77.4 Å². The number of nitrogens with two attached hydrogens (primary N) is 1. The summed E-state index contributed by atoms with van der Waals surface area (Å²) in [5.74, 6) is 0. The zero-order valence-corrected chi connectivity index (χ0v) is 7.83. The van der Waals surface area contributed by atoms with Crippen molar-refractivity contribution in [3.8, 4) is 0 Å². The molecule has 0 saturated heterocycles. The molecule has 2 N–H and O–H groups in total. The summed E-state index contributed by atoms with van der Waals surface area (Å²) in [5.41, 5.74) is 9.90. The Morgan fingerprint density at radius 1 is 1.23 bits per heavy atom. The van der Waals surface area contributed by atoms with Crippen molar-refractivity contribution in [1.82, 2.24) is 4.98 Å². The van der Waals surface area contributed by atoms with Crippen molar-refractivity contribution in [2.45, 2.75) is 13.8 Å². The summed E-state index contributed by atoms with van der Waals surface area (Å²) in [6.45, 7) is 4.09. The van der Waals surface area contributed by atoms with Crippen molar-refractivity contribution in [2.75, 3.05) is 5.73 Å². The van der Waals surface area contributed by atoms with E-state index in [1.165, 1.54) is 5.56 Å². The van der Waals surface area contributed by atoms with Crippen LogP contribution in [0, 0.1) is 13.8 Å². The Morgan fingerprint density at radius 3 is 2.77 bits per heavy atom. The van der Waals surface area contributed by atoms with E-state index in [-0.39, 0.29) is 0 Å². The third-order valence-corrected chi connectivity index (χ3v) is 2.41. The third-order valence-electron chi connectivity index (χ3n) is 2.41. The van der Waals surface area contributed by atoms with Gasteiger partial charge >= 0.3 is 0 Å². The average Bonchev–Trinajstić information content (AvgIpc) is 2.12. The van der Waals surface area contributed by atoms with Crippen molar-refractivity contribution < 1.29 is 0 Å². The van der Waals surface area contributed by atoms with Crippen LogP contribution in [0.5, 0.6) is 0 Å². The van der Waals surface area contributed by atoms with E-state index in [0.717, 1.165) is 22.2 Å². The molecule has 0 atom stereocenters. The zero-order chi connectivity index (χ0) is 9.42. The summed E-state index contributed by atoms with van der Waals surface area (Å²) in [7, 11) is 0. The Hall–Kier alpha value is -1.57. The molecule has 1 heterocycles. The maximum atomic E-state index is 5.77. The molecular formula is C11H12N2. The molecule has 1 aromatic carbocycles. The van der Waals surface area contributed by atoms with E-state index in [9.17, 15) is 0 Å². The molecule has 1 aromatic heterocycles. The van der Waals surface area contributed by atoms with Gasteiger partial charge in [-0.05, 0) is 25.0 Å². The zero-order valence-electron chi connectivity index (χ0n) is 7.83. The predicted octanol–water partition coefficient (Wildman–Crippen LogP) is 2.43. The van der Waals surface area contributed by atoms with Gasteiger partial charge in [0.1, 0.15) is 0 Å². The molecule has 0 amide bonds. The molecule has 0 aliphatic carbocycles. The van der Waals surface area contributed by atoms with E-state index >= 15 is 0 Å². The van der Waals surface area contributed by atoms with Gasteiger partial charge in [-0.2, -0.15) is 0 Å². The monoisotopic (exact) mass is 172 g/mol. The lowest BCUT2D eigenvalue weighted by Crippen LogP contribution is -1.93. The van der Waals surface area contributed by atoms with E-state index in [0.29, 0.717) is 0 Å². The summed E-state index contributed by atoms with van der Waals surface area (Å²) in [6.07, 6.45) is 1.73. The lowest BCUT2D eigenvalue weighted by atomic mass is 10.1. The van der Waals surface area contributed by atoms with Crippen LogP contribution in [0.3, 0.4) is 0 Å². The molecule has 2 nitrogen and oxygen atoms in total. The second-order valence-electron chi connectivity index (χ2n) is 3.31. The number of hydrogen-bond acceptors (Lipinski definition) is 2. The number of nitrogen functional groups attached to an aromatic ring is 1. The number of hydrogen-bond donors (Lipinski definition) is 1. The highest BCUT2D eigenvalue weighted by Crippen LogP contribution is 2.22. The minimum absolute atomic E-state index is 0.762. The average molecular weight is 172 g/mol. The Kier molecular flexibility index (Phi) is 1.69. The number of aromatic nitrogens is 1. The first kappa shape index (κ1) is 8.05. The largest absolute Gasteiger partial charge is 0.397 e. The maximum Gasteiger partial charge on any atom is 0.0735 e. The van der Waals surface area contributed by atoms with Crippen molar-refractivity contribution in [1.29, 1.82) is 0 Å². The third kappa shape index (κ3) is 1.15. The smallest absolute Gasteiger partial charge is 0.0735 e. The van der Waals surface area contributed by atoms with Crippen LogP contribution < -0.4 is 5.73 Å². The highest BCUT2D eigenvalue weighted by Gasteiger charge is 2.02. The number of benzene rings is 1. The fraction of sp³-hybridized carbons (Fsp3) is 0.182. The molecule has 2 heteroatoms. The minimum Gasteiger partial charge on any atom is -0.397 e. The SMILES string of the molecule is Cc1c(N)cnc2c(C)cccc12. The lowest BCUT2D eigenvalue weighted by molar-refractivity contribution is 1.34. The van der Waals surface area contributed by atoms with Gasteiger partial charge in [0.05, 0.1) is 17.4 Å². The first-order chi connectivity index (χ1) is 6.20. The molecule has 66 valence electrons. The number of para-hydroxylation sites is 1. The molecule has 0 aliphatic heterocycles. The van der Waals surface area contributed by atoms with Gasteiger partial charge in [-0.15, -0.1) is 0 Å². The van der Waals surface area contributed by atoms with Crippen LogP contribution in [-0.4, -0.2) is 4.98 Å². The molecule has 2 rings (SSSR count). The molecule has 0 unspecified atom stereocenters. The van der Waals surface area contributed by atoms with Crippen LogP contribution in [0.4, 0.5) is 5.69 Å². The lowest BCUT2D eigenvalue weighted by Gasteiger charge is -2.05. The van der Waals surface area contributed by atoms with Gasteiger partial charge in [-0.3, -0.25) is 4.98 Å². The summed E-state index contributed by atoms with van der Waals surface area (Å²) >= 11 is 0. The molecule has 2 aromatic rings. The number of anilines is 1. The Bertz CT molecular complexity index is 461. The van der Waals surface area contributed by atoms with E-state index in [2.05, 4.69) is 24.0 Å². The van der Waals surface area contributed by atoms with E-state index < -0.39 is 0 Å². The van der Waals surface area contributed by atoms with Gasteiger partial charge in [0.2, 0.25) is 0 Å². The molecule has 0 bridgehead atoms. The van der Waals surface area contributed by atoms with Crippen LogP contribution in [0.1, 0.15) is 11.1 Å². The number of nitrogens with zero attached hydrogens (tertiary/aromatic N) is 1. The van der Waals surface area contributed by atoms with Gasteiger partial charge in [0.25, 0.3) is 0 Å². The van der Waals surface area contributed by atoms with Crippen molar-refractivity contribution in [2.24, 2.45) is 0 Å². The number of rotatable bonds is 0. The number of fused-ring (bicyclic) bond motifs is 1. The maximum absolute atomic E-state index is 5.77. The highest BCUT2D eigenvalue weighted by atomic mass is 14.7. The molecule has 0 aliphatic rings.